The molecule has 0 bridgehead atoms. The van der Waals surface area contributed by atoms with Gasteiger partial charge in [-0.2, -0.15) is 0 Å². The highest BCUT2D eigenvalue weighted by Crippen LogP contribution is 2.41. The van der Waals surface area contributed by atoms with E-state index in [1.54, 1.807) is 11.0 Å². The van der Waals surface area contributed by atoms with Gasteiger partial charge in [-0.15, -0.1) is 0 Å². The number of nitrogens with zero attached hydrogens (tertiary/aromatic N) is 2. The second-order valence-corrected chi connectivity index (χ2v) is 7.37. The Morgan fingerprint density at radius 1 is 1.16 bits per heavy atom. The number of likely N-dealkylation sites (N-methyl/N-ethyl adjacent to an activating group) is 1. The van der Waals surface area contributed by atoms with Crippen LogP contribution in [-0.4, -0.2) is 37.7 Å². The molecular formula is C19H18Cl2N2O2. The number of anilines is 1. The summed E-state index contributed by atoms with van der Waals surface area (Å²) in [7, 11) is 2.08. The summed E-state index contributed by atoms with van der Waals surface area (Å²) in [5, 5.41) is 1.33. The molecule has 4 rings (SSSR count). The number of ether oxygens (including phenoxy) is 1. The topological polar surface area (TPSA) is 32.8 Å². The molecule has 25 heavy (non-hydrogen) atoms. The molecule has 2 aliphatic heterocycles. The van der Waals surface area contributed by atoms with E-state index >= 15 is 0 Å². The van der Waals surface area contributed by atoms with Crippen molar-refractivity contribution in [1.29, 1.82) is 0 Å². The van der Waals surface area contributed by atoms with Gasteiger partial charge in [0.05, 0.1) is 12.2 Å². The van der Waals surface area contributed by atoms with Crippen molar-refractivity contribution in [1.82, 2.24) is 4.90 Å². The lowest BCUT2D eigenvalue weighted by molar-refractivity contribution is 0.181. The van der Waals surface area contributed by atoms with E-state index in [1.165, 1.54) is 0 Å². The first-order valence-corrected chi connectivity index (χ1v) is 9.00. The number of rotatable bonds is 2. The Morgan fingerprint density at radius 3 is 2.72 bits per heavy atom. The number of hydrogen-bond acceptors (Lipinski definition) is 3. The zero-order chi connectivity index (χ0) is 17.6. The Balaban J connectivity index is 1.85. The summed E-state index contributed by atoms with van der Waals surface area (Å²) in [6.45, 7) is 2.62. The summed E-state index contributed by atoms with van der Waals surface area (Å²) in [5.74, 6) is 0.0922. The van der Waals surface area contributed by atoms with Crippen LogP contribution in [0.3, 0.4) is 0 Å². The van der Waals surface area contributed by atoms with Gasteiger partial charge in [-0.05, 0) is 41.9 Å². The normalized spacial score (nSPS) is 20.5. The van der Waals surface area contributed by atoms with E-state index in [2.05, 4.69) is 18.0 Å². The lowest BCUT2D eigenvalue weighted by Crippen LogP contribution is -2.33. The molecule has 0 N–H and O–H groups in total. The zero-order valence-corrected chi connectivity index (χ0v) is 15.3. The van der Waals surface area contributed by atoms with Crippen LogP contribution in [0.25, 0.3) is 0 Å². The van der Waals surface area contributed by atoms with Crippen LogP contribution < -0.4 is 4.90 Å². The lowest BCUT2D eigenvalue weighted by atomic mass is 9.84. The van der Waals surface area contributed by atoms with E-state index in [9.17, 15) is 4.79 Å². The first-order valence-electron chi connectivity index (χ1n) is 8.24. The van der Waals surface area contributed by atoms with Crippen LogP contribution in [0.1, 0.15) is 22.6 Å². The van der Waals surface area contributed by atoms with Crippen molar-refractivity contribution in [3.8, 4) is 0 Å². The van der Waals surface area contributed by atoms with Crippen LogP contribution in [0.2, 0.25) is 10.0 Å². The highest BCUT2D eigenvalue weighted by molar-refractivity contribution is 6.35. The largest absolute Gasteiger partial charge is 0.447 e. The standard InChI is InChI=1S/C19H18Cl2N2O2/c1-22-10-15(14-8-12(20)9-17(21)16(14)11-22)13-4-2-3-5-18(13)23-6-7-25-19(23)24/h2-5,8-9,15H,6-7,10-11H2,1H3/t15-/m0/s1. The Hall–Kier alpha value is -1.75. The number of halogens is 2. The monoisotopic (exact) mass is 376 g/mol. The van der Waals surface area contributed by atoms with Crippen molar-refractivity contribution in [3.63, 3.8) is 0 Å². The van der Waals surface area contributed by atoms with Crippen LogP contribution in [0.4, 0.5) is 10.5 Å². The van der Waals surface area contributed by atoms with E-state index in [0.717, 1.165) is 35.5 Å². The summed E-state index contributed by atoms with van der Waals surface area (Å²) in [5.41, 5.74) is 4.22. The molecule has 6 heteroatoms. The molecule has 4 nitrogen and oxygen atoms in total. The van der Waals surface area contributed by atoms with Gasteiger partial charge in [0.15, 0.2) is 0 Å². The van der Waals surface area contributed by atoms with Crippen molar-refractivity contribution < 1.29 is 9.53 Å². The minimum Gasteiger partial charge on any atom is -0.447 e. The van der Waals surface area contributed by atoms with Gasteiger partial charge in [0, 0.05) is 29.1 Å². The highest BCUT2D eigenvalue weighted by atomic mass is 35.5. The second-order valence-electron chi connectivity index (χ2n) is 6.53. The molecule has 2 aliphatic rings. The fraction of sp³-hybridized carbons (Fsp3) is 0.316. The number of cyclic esters (lactones) is 1. The quantitative estimate of drug-likeness (QED) is 0.771. The molecule has 1 amide bonds. The van der Waals surface area contributed by atoms with Gasteiger partial charge >= 0.3 is 6.09 Å². The number of fused-ring (bicyclic) bond motifs is 1. The molecule has 0 aromatic heterocycles. The van der Waals surface area contributed by atoms with Crippen LogP contribution in [0, 0.1) is 0 Å². The molecule has 1 fully saturated rings. The molecule has 0 radical (unpaired) electrons. The molecule has 0 unspecified atom stereocenters. The predicted octanol–water partition coefficient (Wildman–Crippen LogP) is 4.53. The molecule has 0 aliphatic carbocycles. The summed E-state index contributed by atoms with van der Waals surface area (Å²) < 4.78 is 5.13. The molecule has 2 heterocycles. The zero-order valence-electron chi connectivity index (χ0n) is 13.8. The number of para-hydroxylation sites is 1. The van der Waals surface area contributed by atoms with Gasteiger partial charge < -0.3 is 9.64 Å². The predicted molar refractivity (Wildman–Crippen MR) is 99.8 cm³/mol. The lowest BCUT2D eigenvalue weighted by Gasteiger charge is -2.35. The van der Waals surface area contributed by atoms with Gasteiger partial charge in [-0.25, -0.2) is 4.79 Å². The second kappa shape index (κ2) is 6.52. The maximum absolute atomic E-state index is 12.1. The van der Waals surface area contributed by atoms with Crippen molar-refractivity contribution in [3.05, 3.63) is 63.1 Å². The maximum atomic E-state index is 12.1. The molecule has 2 aromatic rings. The fourth-order valence-electron chi connectivity index (χ4n) is 3.75. The Bertz CT molecular complexity index is 840. The molecular weight excluding hydrogens is 359 g/mol. The van der Waals surface area contributed by atoms with E-state index < -0.39 is 0 Å². The first kappa shape index (κ1) is 16.7. The molecule has 0 saturated carbocycles. The SMILES string of the molecule is CN1Cc2c(Cl)cc(Cl)cc2[C@H](c2ccccc2N2CCOC2=O)C1. The van der Waals surface area contributed by atoms with Gasteiger partial charge in [-0.1, -0.05) is 41.4 Å². The highest BCUT2D eigenvalue weighted by Gasteiger charge is 2.32. The van der Waals surface area contributed by atoms with Gasteiger partial charge in [-0.3, -0.25) is 4.90 Å². The van der Waals surface area contributed by atoms with Gasteiger partial charge in [0.1, 0.15) is 6.61 Å². The number of amides is 1. The number of carbonyl (C=O) groups excluding carboxylic acids is 1. The molecule has 130 valence electrons. The number of hydrogen-bond donors (Lipinski definition) is 0. The average Bonchev–Trinajstić information content (AvgIpc) is 3.01. The Labute approximate surface area is 156 Å². The molecule has 1 atom stereocenters. The summed E-state index contributed by atoms with van der Waals surface area (Å²) in [6, 6.07) is 11.8. The fourth-order valence-corrected chi connectivity index (χ4v) is 4.32. The van der Waals surface area contributed by atoms with Crippen molar-refractivity contribution in [2.45, 2.75) is 12.5 Å². The van der Waals surface area contributed by atoms with Gasteiger partial charge in [0.2, 0.25) is 0 Å². The van der Waals surface area contributed by atoms with Crippen molar-refractivity contribution in [2.24, 2.45) is 0 Å². The number of carbonyl (C=O) groups is 1. The van der Waals surface area contributed by atoms with E-state index in [4.69, 9.17) is 27.9 Å². The third kappa shape index (κ3) is 2.99. The molecule has 1 saturated heterocycles. The smallest absolute Gasteiger partial charge is 0.414 e. The van der Waals surface area contributed by atoms with E-state index in [-0.39, 0.29) is 12.0 Å². The maximum Gasteiger partial charge on any atom is 0.414 e. The summed E-state index contributed by atoms with van der Waals surface area (Å²) in [6.07, 6.45) is -0.291. The van der Waals surface area contributed by atoms with Crippen LogP contribution >= 0.6 is 23.2 Å². The third-order valence-corrected chi connectivity index (χ3v) is 5.41. The third-order valence-electron chi connectivity index (χ3n) is 4.86. The van der Waals surface area contributed by atoms with E-state index in [1.807, 2.05) is 24.3 Å². The molecule has 2 aromatic carbocycles. The first-order chi connectivity index (χ1) is 12.0. The van der Waals surface area contributed by atoms with Gasteiger partial charge in [0.25, 0.3) is 0 Å². The Kier molecular flexibility index (Phi) is 4.36. The van der Waals surface area contributed by atoms with E-state index in [0.29, 0.717) is 23.2 Å². The van der Waals surface area contributed by atoms with Crippen LogP contribution in [0.15, 0.2) is 36.4 Å². The average molecular weight is 377 g/mol. The summed E-state index contributed by atoms with van der Waals surface area (Å²) >= 11 is 12.7. The van der Waals surface area contributed by atoms with Crippen LogP contribution in [0.5, 0.6) is 0 Å². The minimum absolute atomic E-state index is 0.0922. The Morgan fingerprint density at radius 2 is 1.96 bits per heavy atom. The van der Waals surface area contributed by atoms with Crippen molar-refractivity contribution >= 4 is 35.0 Å². The number of benzene rings is 2. The van der Waals surface area contributed by atoms with Crippen LogP contribution in [-0.2, 0) is 11.3 Å². The minimum atomic E-state index is -0.291. The molecule has 0 spiro atoms. The summed E-state index contributed by atoms with van der Waals surface area (Å²) in [4.78, 5) is 16.0. The van der Waals surface area contributed by atoms with Crippen molar-refractivity contribution in [2.75, 3.05) is 31.6 Å².